The highest BCUT2D eigenvalue weighted by atomic mass is 32.2. The predicted molar refractivity (Wildman–Crippen MR) is 88.5 cm³/mol. The number of anilines is 1. The molecule has 2 aromatic carbocycles. The van der Waals surface area contributed by atoms with E-state index in [2.05, 4.69) is 4.72 Å². The predicted octanol–water partition coefficient (Wildman–Crippen LogP) is 2.39. The lowest BCUT2D eigenvalue weighted by Crippen LogP contribution is -2.34. The average Bonchev–Trinajstić information content (AvgIpc) is 2.54. The number of sulfonamides is 1. The van der Waals surface area contributed by atoms with Crippen molar-refractivity contribution in [3.8, 4) is 0 Å². The van der Waals surface area contributed by atoms with Crippen molar-refractivity contribution in [1.82, 2.24) is 4.90 Å². The molecule has 5 nitrogen and oxygen atoms in total. The Labute approximate surface area is 136 Å². The molecule has 0 fully saturated rings. The number of benzene rings is 2. The molecule has 2 aromatic rings. The number of carbonyl (C=O) groups excluding carboxylic acids is 1. The zero-order valence-corrected chi connectivity index (χ0v) is 13.6. The van der Waals surface area contributed by atoms with Crippen LogP contribution in [0.15, 0.2) is 53.4 Å². The highest BCUT2D eigenvalue weighted by Crippen LogP contribution is 2.24. The number of rotatable bonds is 3. The number of hydrogen-bond donors (Lipinski definition) is 1. The fourth-order valence-electron chi connectivity index (χ4n) is 2.70. The van der Waals surface area contributed by atoms with Crippen LogP contribution in [0.4, 0.5) is 5.69 Å². The first kappa shape index (κ1) is 15.6. The van der Waals surface area contributed by atoms with Gasteiger partial charge in [-0.3, -0.25) is 9.52 Å². The minimum Gasteiger partial charge on any atom is -0.338 e. The Morgan fingerprint density at radius 3 is 2.52 bits per heavy atom. The minimum atomic E-state index is -3.60. The van der Waals surface area contributed by atoms with Crippen molar-refractivity contribution in [2.45, 2.75) is 24.8 Å². The fraction of sp³-hybridized carbons (Fsp3) is 0.235. The van der Waals surface area contributed by atoms with Crippen molar-refractivity contribution in [3.05, 3.63) is 59.7 Å². The second-order valence-electron chi connectivity index (χ2n) is 5.59. The monoisotopic (exact) mass is 330 g/mol. The number of fused-ring (bicyclic) bond motifs is 1. The van der Waals surface area contributed by atoms with Gasteiger partial charge in [-0.1, -0.05) is 24.3 Å². The van der Waals surface area contributed by atoms with Gasteiger partial charge in [-0.25, -0.2) is 8.42 Å². The molecule has 0 saturated heterocycles. The Morgan fingerprint density at radius 1 is 1.09 bits per heavy atom. The second-order valence-corrected chi connectivity index (χ2v) is 7.28. The summed E-state index contributed by atoms with van der Waals surface area (Å²) >= 11 is 0. The molecule has 0 atom stereocenters. The quantitative estimate of drug-likeness (QED) is 0.940. The first-order valence-electron chi connectivity index (χ1n) is 7.41. The van der Waals surface area contributed by atoms with Crippen molar-refractivity contribution < 1.29 is 13.2 Å². The lowest BCUT2D eigenvalue weighted by molar-refractivity contribution is -0.129. The van der Waals surface area contributed by atoms with E-state index < -0.39 is 10.0 Å². The Hall–Kier alpha value is -2.34. The zero-order valence-electron chi connectivity index (χ0n) is 12.8. The van der Waals surface area contributed by atoms with Crippen LogP contribution in [-0.4, -0.2) is 25.8 Å². The van der Waals surface area contributed by atoms with E-state index in [1.807, 2.05) is 12.1 Å². The second kappa shape index (κ2) is 6.04. The van der Waals surface area contributed by atoms with E-state index in [1.54, 1.807) is 48.2 Å². The molecule has 0 radical (unpaired) electrons. The molecule has 1 N–H and O–H groups in total. The van der Waals surface area contributed by atoms with Gasteiger partial charge in [-0.2, -0.15) is 0 Å². The molecule has 1 aliphatic heterocycles. The number of hydrogen-bond acceptors (Lipinski definition) is 3. The summed E-state index contributed by atoms with van der Waals surface area (Å²) in [4.78, 5) is 13.5. The van der Waals surface area contributed by atoms with Crippen LogP contribution < -0.4 is 4.72 Å². The molecular formula is C17H18N2O3S. The van der Waals surface area contributed by atoms with Gasteiger partial charge in [-0.05, 0) is 41.8 Å². The number of amides is 1. The molecule has 0 aromatic heterocycles. The summed E-state index contributed by atoms with van der Waals surface area (Å²) in [5, 5.41) is 0. The largest absolute Gasteiger partial charge is 0.338 e. The SMILES string of the molecule is CC(=O)N1CCc2ccc(NS(=O)(=O)c3ccccc3)cc2C1. The molecule has 0 bridgehead atoms. The first-order chi connectivity index (χ1) is 11.0. The van der Waals surface area contributed by atoms with Crippen molar-refractivity contribution in [1.29, 1.82) is 0 Å². The topological polar surface area (TPSA) is 66.5 Å². The van der Waals surface area contributed by atoms with E-state index in [-0.39, 0.29) is 10.8 Å². The summed E-state index contributed by atoms with van der Waals surface area (Å²) in [7, 11) is -3.60. The average molecular weight is 330 g/mol. The molecule has 1 aliphatic rings. The van der Waals surface area contributed by atoms with E-state index in [9.17, 15) is 13.2 Å². The van der Waals surface area contributed by atoms with E-state index in [0.717, 1.165) is 17.5 Å². The Morgan fingerprint density at radius 2 is 1.83 bits per heavy atom. The van der Waals surface area contributed by atoms with Crippen LogP contribution in [0.5, 0.6) is 0 Å². The van der Waals surface area contributed by atoms with Gasteiger partial charge in [-0.15, -0.1) is 0 Å². The Bertz CT molecular complexity index is 832. The van der Waals surface area contributed by atoms with E-state index in [4.69, 9.17) is 0 Å². The highest BCUT2D eigenvalue weighted by Gasteiger charge is 2.19. The zero-order chi connectivity index (χ0) is 16.4. The maximum absolute atomic E-state index is 12.4. The molecule has 0 aliphatic carbocycles. The van der Waals surface area contributed by atoms with Crippen molar-refractivity contribution in [2.75, 3.05) is 11.3 Å². The molecule has 0 unspecified atom stereocenters. The standard InChI is InChI=1S/C17H18N2O3S/c1-13(20)19-10-9-14-7-8-16(11-15(14)12-19)18-23(21,22)17-5-3-2-4-6-17/h2-8,11,18H,9-10,12H2,1H3. The van der Waals surface area contributed by atoms with Crippen molar-refractivity contribution in [2.24, 2.45) is 0 Å². The van der Waals surface area contributed by atoms with Crippen molar-refractivity contribution in [3.63, 3.8) is 0 Å². The van der Waals surface area contributed by atoms with Gasteiger partial charge in [0.25, 0.3) is 10.0 Å². The smallest absolute Gasteiger partial charge is 0.261 e. The van der Waals surface area contributed by atoms with Gasteiger partial charge < -0.3 is 4.90 Å². The molecule has 1 amide bonds. The maximum atomic E-state index is 12.4. The lowest BCUT2D eigenvalue weighted by atomic mass is 9.99. The summed E-state index contributed by atoms with van der Waals surface area (Å²) in [5.74, 6) is 0.0333. The van der Waals surface area contributed by atoms with Crippen LogP contribution in [-0.2, 0) is 27.8 Å². The number of nitrogens with zero attached hydrogens (tertiary/aromatic N) is 1. The van der Waals surface area contributed by atoms with Crippen LogP contribution >= 0.6 is 0 Å². The normalized spacial score (nSPS) is 14.2. The van der Waals surface area contributed by atoms with Gasteiger partial charge >= 0.3 is 0 Å². The van der Waals surface area contributed by atoms with Crippen molar-refractivity contribution >= 4 is 21.6 Å². The summed E-state index contributed by atoms with van der Waals surface area (Å²) in [5.41, 5.74) is 2.66. The highest BCUT2D eigenvalue weighted by molar-refractivity contribution is 7.92. The van der Waals surface area contributed by atoms with E-state index in [1.165, 1.54) is 0 Å². The maximum Gasteiger partial charge on any atom is 0.261 e. The van der Waals surface area contributed by atoms with Gasteiger partial charge in [0.1, 0.15) is 0 Å². The third-order valence-corrected chi connectivity index (χ3v) is 5.37. The van der Waals surface area contributed by atoms with Crippen LogP contribution in [0.1, 0.15) is 18.1 Å². The summed E-state index contributed by atoms with van der Waals surface area (Å²) < 4.78 is 27.3. The molecule has 3 rings (SSSR count). The van der Waals surface area contributed by atoms with Gasteiger partial charge in [0, 0.05) is 25.7 Å². The van der Waals surface area contributed by atoms with Gasteiger partial charge in [0.2, 0.25) is 5.91 Å². The molecular weight excluding hydrogens is 312 g/mol. The Balaban J connectivity index is 1.85. The van der Waals surface area contributed by atoms with Crippen LogP contribution in [0.2, 0.25) is 0 Å². The third-order valence-electron chi connectivity index (χ3n) is 3.97. The van der Waals surface area contributed by atoms with E-state index in [0.29, 0.717) is 18.8 Å². The summed E-state index contributed by atoms with van der Waals surface area (Å²) in [6, 6.07) is 13.8. The van der Waals surface area contributed by atoms with Crippen LogP contribution in [0, 0.1) is 0 Å². The van der Waals surface area contributed by atoms with Crippen LogP contribution in [0.3, 0.4) is 0 Å². The van der Waals surface area contributed by atoms with E-state index >= 15 is 0 Å². The number of nitrogens with one attached hydrogen (secondary N) is 1. The summed E-state index contributed by atoms with van der Waals surface area (Å²) in [6.07, 6.45) is 0.792. The summed E-state index contributed by atoms with van der Waals surface area (Å²) in [6.45, 7) is 2.77. The van der Waals surface area contributed by atoms with Crippen LogP contribution in [0.25, 0.3) is 0 Å². The molecule has 6 heteroatoms. The molecule has 23 heavy (non-hydrogen) atoms. The lowest BCUT2D eigenvalue weighted by Gasteiger charge is -2.28. The molecule has 0 saturated carbocycles. The molecule has 120 valence electrons. The van der Waals surface area contributed by atoms with Gasteiger partial charge in [0.05, 0.1) is 4.90 Å². The minimum absolute atomic E-state index is 0.0333. The fourth-order valence-corrected chi connectivity index (χ4v) is 3.77. The third kappa shape index (κ3) is 3.37. The molecule has 0 spiro atoms. The number of carbonyl (C=O) groups is 1. The molecule has 1 heterocycles. The van der Waals surface area contributed by atoms with Gasteiger partial charge in [0.15, 0.2) is 0 Å². The Kier molecular flexibility index (Phi) is 4.09. The first-order valence-corrected chi connectivity index (χ1v) is 8.89.